The van der Waals surface area contributed by atoms with E-state index in [0.717, 1.165) is 57.1 Å². The highest BCUT2D eigenvalue weighted by Gasteiger charge is 2.41. The van der Waals surface area contributed by atoms with Gasteiger partial charge in [0.25, 0.3) is 0 Å². The number of likely N-dealkylation sites (tertiary alicyclic amines) is 1. The maximum atomic E-state index is 13.8. The Morgan fingerprint density at radius 3 is 2.35 bits per heavy atom. The topological polar surface area (TPSA) is 38.2 Å². The predicted molar refractivity (Wildman–Crippen MR) is 123 cm³/mol. The summed E-state index contributed by atoms with van der Waals surface area (Å²) in [4.78, 5) is 2.54. The summed E-state index contributed by atoms with van der Waals surface area (Å²) in [5, 5.41) is 7.51. The second kappa shape index (κ2) is 9.61. The van der Waals surface area contributed by atoms with Crippen molar-refractivity contribution < 1.29 is 22.3 Å². The molecule has 2 aromatic rings. The van der Waals surface area contributed by atoms with Crippen molar-refractivity contribution in [2.24, 2.45) is 23.2 Å². The first kappa shape index (κ1) is 25.2. The summed E-state index contributed by atoms with van der Waals surface area (Å²) in [6.07, 6.45) is -1.55. The number of alkyl halides is 3. The lowest BCUT2D eigenvalue weighted by molar-refractivity contribution is -0.137. The molecule has 1 saturated carbocycles. The summed E-state index contributed by atoms with van der Waals surface area (Å²) in [5.41, 5.74) is -1.41. The second-order valence-corrected chi connectivity index (χ2v) is 11.2. The van der Waals surface area contributed by atoms with Gasteiger partial charge in [0.2, 0.25) is 5.88 Å². The van der Waals surface area contributed by atoms with E-state index in [1.165, 1.54) is 6.07 Å². The lowest BCUT2D eigenvalue weighted by Gasteiger charge is -2.24. The highest BCUT2D eigenvalue weighted by Crippen LogP contribution is 2.43. The van der Waals surface area contributed by atoms with Gasteiger partial charge in [-0.05, 0) is 67.2 Å². The summed E-state index contributed by atoms with van der Waals surface area (Å²) in [6.45, 7) is 10.3. The minimum absolute atomic E-state index is 0.0380. The number of hydrogen-bond donors (Lipinski definition) is 0. The maximum absolute atomic E-state index is 13.8. The minimum Gasteiger partial charge on any atom is -0.476 e. The fraction of sp³-hybridized carbons (Fsp3) is 0.600. The van der Waals surface area contributed by atoms with Gasteiger partial charge in [0.1, 0.15) is 11.5 Å². The molecule has 4 rings (SSSR count). The van der Waals surface area contributed by atoms with E-state index in [-0.39, 0.29) is 22.4 Å². The van der Waals surface area contributed by atoms with Gasteiger partial charge in [-0.1, -0.05) is 32.4 Å². The van der Waals surface area contributed by atoms with Crippen LogP contribution in [-0.2, 0) is 6.18 Å². The number of rotatable bonds is 6. The Labute approximate surface area is 202 Å². The van der Waals surface area contributed by atoms with E-state index in [1.54, 1.807) is 0 Å². The van der Waals surface area contributed by atoms with Crippen LogP contribution in [0.2, 0.25) is 5.02 Å². The minimum atomic E-state index is -4.72. The van der Waals surface area contributed by atoms with Crippen LogP contribution in [0.1, 0.15) is 45.6 Å². The van der Waals surface area contributed by atoms with Gasteiger partial charge >= 0.3 is 6.18 Å². The van der Waals surface area contributed by atoms with Crippen molar-refractivity contribution in [3.63, 3.8) is 0 Å². The molecule has 2 fully saturated rings. The van der Waals surface area contributed by atoms with Gasteiger partial charge in [0.05, 0.1) is 17.2 Å². The van der Waals surface area contributed by atoms with Crippen LogP contribution < -0.4 is 4.74 Å². The summed E-state index contributed by atoms with van der Waals surface area (Å²) >= 11 is 6.00. The third kappa shape index (κ3) is 6.00. The third-order valence-corrected chi connectivity index (χ3v) is 7.16. The summed E-state index contributed by atoms with van der Waals surface area (Å²) in [6, 6.07) is 4.02. The van der Waals surface area contributed by atoms with Gasteiger partial charge in [0.15, 0.2) is 0 Å². The highest BCUT2D eigenvalue weighted by atomic mass is 35.5. The van der Waals surface area contributed by atoms with Crippen molar-refractivity contribution >= 4 is 11.6 Å². The average molecular weight is 500 g/mol. The molecule has 186 valence electrons. The molecule has 4 nitrogen and oxygen atoms in total. The Hall–Kier alpha value is -1.93. The average Bonchev–Trinajstić information content (AvgIpc) is 3.30. The van der Waals surface area contributed by atoms with Crippen LogP contribution >= 0.6 is 11.6 Å². The maximum Gasteiger partial charge on any atom is 0.418 e. The van der Waals surface area contributed by atoms with Gasteiger partial charge < -0.3 is 9.64 Å². The van der Waals surface area contributed by atoms with Crippen LogP contribution in [0.3, 0.4) is 0 Å². The molecule has 1 aliphatic heterocycles. The molecule has 2 heterocycles. The van der Waals surface area contributed by atoms with Crippen LogP contribution in [0.5, 0.6) is 5.88 Å². The third-order valence-electron chi connectivity index (χ3n) is 6.83. The second-order valence-electron chi connectivity index (χ2n) is 10.8. The summed E-state index contributed by atoms with van der Waals surface area (Å²) in [5.74, 6) is 0.616. The molecule has 0 bridgehead atoms. The van der Waals surface area contributed by atoms with E-state index < -0.39 is 23.3 Å². The fourth-order valence-corrected chi connectivity index (χ4v) is 5.28. The molecule has 2 aliphatic rings. The van der Waals surface area contributed by atoms with E-state index in [9.17, 15) is 17.6 Å². The van der Waals surface area contributed by atoms with E-state index in [4.69, 9.17) is 16.3 Å². The smallest absolute Gasteiger partial charge is 0.418 e. The number of fused-ring (bicyclic) bond motifs is 1. The van der Waals surface area contributed by atoms with Crippen molar-refractivity contribution in [2.75, 3.05) is 26.2 Å². The molecule has 1 saturated heterocycles. The Balaban J connectivity index is 1.39. The molecule has 34 heavy (non-hydrogen) atoms. The number of hydrogen-bond acceptors (Lipinski definition) is 4. The summed E-state index contributed by atoms with van der Waals surface area (Å²) in [7, 11) is 0. The first-order valence-corrected chi connectivity index (χ1v) is 12.0. The molecule has 0 N–H and O–H groups in total. The Kier molecular flexibility index (Phi) is 7.11. The molecule has 0 amide bonds. The molecule has 1 unspecified atom stereocenters. The van der Waals surface area contributed by atoms with Crippen LogP contribution in [-0.4, -0.2) is 41.3 Å². The van der Waals surface area contributed by atoms with Crippen molar-refractivity contribution in [1.82, 2.24) is 15.1 Å². The van der Waals surface area contributed by atoms with Crippen LogP contribution in [0.25, 0.3) is 11.3 Å². The van der Waals surface area contributed by atoms with Gasteiger partial charge in [-0.25, -0.2) is 4.39 Å². The molecule has 1 aliphatic carbocycles. The number of nitrogens with zero attached hydrogens (tertiary/aromatic N) is 3. The Morgan fingerprint density at radius 1 is 1.06 bits per heavy atom. The molecule has 1 aromatic heterocycles. The van der Waals surface area contributed by atoms with E-state index >= 15 is 0 Å². The van der Waals surface area contributed by atoms with Crippen molar-refractivity contribution in [2.45, 2.75) is 46.2 Å². The Morgan fingerprint density at radius 2 is 1.74 bits per heavy atom. The van der Waals surface area contributed by atoms with Crippen LogP contribution in [0.4, 0.5) is 17.6 Å². The van der Waals surface area contributed by atoms with Gasteiger partial charge in [-0.3, -0.25) is 0 Å². The molecular formula is C25H30ClF4N3O. The van der Waals surface area contributed by atoms with Crippen molar-refractivity contribution in [1.29, 1.82) is 0 Å². The molecular weight excluding hydrogens is 470 g/mol. The van der Waals surface area contributed by atoms with Gasteiger partial charge in [-0.2, -0.15) is 13.2 Å². The van der Waals surface area contributed by atoms with Gasteiger partial charge in [0, 0.05) is 24.7 Å². The van der Waals surface area contributed by atoms with E-state index in [2.05, 4.69) is 35.9 Å². The quantitative estimate of drug-likeness (QED) is 0.413. The lowest BCUT2D eigenvalue weighted by Crippen LogP contribution is -2.27. The van der Waals surface area contributed by atoms with Crippen LogP contribution in [0, 0.1) is 29.0 Å². The molecule has 9 heteroatoms. The monoisotopic (exact) mass is 499 g/mol. The van der Waals surface area contributed by atoms with Gasteiger partial charge in [-0.15, -0.1) is 10.2 Å². The summed E-state index contributed by atoms with van der Waals surface area (Å²) < 4.78 is 60.6. The molecule has 0 radical (unpaired) electrons. The number of aromatic nitrogens is 2. The zero-order valence-electron chi connectivity index (χ0n) is 19.6. The number of ether oxygens (including phenoxy) is 1. The van der Waals surface area contributed by atoms with E-state index in [1.807, 2.05) is 0 Å². The first-order valence-electron chi connectivity index (χ1n) is 11.6. The highest BCUT2D eigenvalue weighted by molar-refractivity contribution is 6.33. The largest absolute Gasteiger partial charge is 0.476 e. The fourth-order valence-electron chi connectivity index (χ4n) is 5.08. The van der Waals surface area contributed by atoms with Crippen molar-refractivity contribution in [3.8, 4) is 17.1 Å². The van der Waals surface area contributed by atoms with Crippen molar-refractivity contribution in [3.05, 3.63) is 40.7 Å². The molecule has 1 aromatic carbocycles. The number of halogens is 5. The first-order chi connectivity index (χ1) is 15.9. The molecule has 3 atom stereocenters. The number of benzene rings is 1. The normalized spacial score (nSPS) is 23.4. The Bertz CT molecular complexity index is 1010. The lowest BCUT2D eigenvalue weighted by atomic mass is 9.92. The molecule has 0 spiro atoms. The van der Waals surface area contributed by atoms with E-state index in [0.29, 0.717) is 23.9 Å². The SMILES string of the molecule is CC(C)(C)CCN1C[C@H]2CC(COc3cc(C(F)(F)F)c(-c4cc(F)ccc4Cl)nn3)C[C@H]2C1. The predicted octanol–water partition coefficient (Wildman–Crippen LogP) is 6.73. The zero-order chi connectivity index (χ0) is 24.7. The standard InChI is InChI=1S/C25H30ClF4N3O/c1-24(2,3)6-7-33-12-16-8-15(9-17(16)13-33)14-34-22-11-20(25(28,29)30)23(32-31-22)19-10-18(27)4-5-21(19)26/h4-5,10-11,15-17H,6-9,12-14H2,1-3H3/t15?,16-,17+. The zero-order valence-corrected chi connectivity index (χ0v) is 20.4. The van der Waals surface area contributed by atoms with Crippen LogP contribution in [0.15, 0.2) is 24.3 Å².